The lowest BCUT2D eigenvalue weighted by Gasteiger charge is -2.19. The molecular formula is C23H29N3O4. The molecule has 0 amide bonds. The molecular weight excluding hydrogens is 382 g/mol. The Kier molecular flexibility index (Phi) is 6.29. The van der Waals surface area contributed by atoms with Crippen LogP contribution in [0.3, 0.4) is 0 Å². The minimum atomic E-state index is -0.801. The summed E-state index contributed by atoms with van der Waals surface area (Å²) in [5.74, 6) is 0.880. The summed E-state index contributed by atoms with van der Waals surface area (Å²) in [6.45, 7) is 9.47. The highest BCUT2D eigenvalue weighted by Gasteiger charge is 2.23. The van der Waals surface area contributed by atoms with Gasteiger partial charge in [-0.3, -0.25) is 0 Å². The summed E-state index contributed by atoms with van der Waals surface area (Å²) in [6.07, 6.45) is 2.22. The third-order valence-corrected chi connectivity index (χ3v) is 4.36. The van der Waals surface area contributed by atoms with Gasteiger partial charge in [0.05, 0.1) is 7.11 Å². The maximum atomic E-state index is 12.3. The molecule has 3 rings (SSSR count). The second-order valence-corrected chi connectivity index (χ2v) is 8.63. The SMILES string of the molecule is COc1nc(CC(C)C)c(OC(=O)OC(C)(C)C)nc1Cc1c[nH]c2ccccc12. The predicted molar refractivity (Wildman–Crippen MR) is 115 cm³/mol. The molecule has 0 saturated heterocycles. The Morgan fingerprint density at radius 3 is 2.47 bits per heavy atom. The van der Waals surface area contributed by atoms with Gasteiger partial charge in [-0.2, -0.15) is 0 Å². The maximum Gasteiger partial charge on any atom is 0.515 e. The van der Waals surface area contributed by atoms with E-state index >= 15 is 0 Å². The number of aromatic nitrogens is 3. The van der Waals surface area contributed by atoms with Crippen LogP contribution in [-0.2, 0) is 17.6 Å². The molecule has 0 spiro atoms. The van der Waals surface area contributed by atoms with Gasteiger partial charge in [0, 0.05) is 23.5 Å². The van der Waals surface area contributed by atoms with Gasteiger partial charge in [0.1, 0.15) is 17.0 Å². The number of ether oxygens (including phenoxy) is 3. The molecule has 0 fully saturated rings. The van der Waals surface area contributed by atoms with Gasteiger partial charge in [0.15, 0.2) is 0 Å². The zero-order valence-corrected chi connectivity index (χ0v) is 18.4. The van der Waals surface area contributed by atoms with E-state index in [1.54, 1.807) is 27.9 Å². The zero-order chi connectivity index (χ0) is 21.9. The fraction of sp³-hybridized carbons (Fsp3) is 0.435. The molecule has 3 aromatic rings. The number of hydrogen-bond donors (Lipinski definition) is 1. The number of nitrogens with one attached hydrogen (secondary N) is 1. The molecule has 0 unspecified atom stereocenters. The lowest BCUT2D eigenvalue weighted by molar-refractivity contribution is 0.0193. The van der Waals surface area contributed by atoms with Crippen LogP contribution in [0.25, 0.3) is 10.9 Å². The molecule has 0 aliphatic carbocycles. The second-order valence-electron chi connectivity index (χ2n) is 8.63. The number of H-pyrrole nitrogens is 1. The van der Waals surface area contributed by atoms with Crippen LogP contribution in [0.1, 0.15) is 51.6 Å². The summed E-state index contributed by atoms with van der Waals surface area (Å²) in [7, 11) is 1.57. The number of rotatable bonds is 6. The smallest absolute Gasteiger partial charge is 0.480 e. The average molecular weight is 412 g/mol. The Hall–Kier alpha value is -3.09. The van der Waals surface area contributed by atoms with Gasteiger partial charge in [-0.25, -0.2) is 14.8 Å². The van der Waals surface area contributed by atoms with Gasteiger partial charge in [0.25, 0.3) is 0 Å². The molecule has 1 N–H and O–H groups in total. The van der Waals surface area contributed by atoms with Crippen molar-refractivity contribution in [3.63, 3.8) is 0 Å². The number of carbonyl (C=O) groups excluding carboxylic acids is 1. The summed E-state index contributed by atoms with van der Waals surface area (Å²) < 4.78 is 16.3. The molecule has 0 aliphatic rings. The van der Waals surface area contributed by atoms with Gasteiger partial charge in [-0.1, -0.05) is 32.0 Å². The van der Waals surface area contributed by atoms with E-state index in [1.807, 2.05) is 30.5 Å². The number of para-hydroxylation sites is 1. The van der Waals surface area contributed by atoms with E-state index in [2.05, 4.69) is 28.8 Å². The topological polar surface area (TPSA) is 86.3 Å². The molecule has 2 aromatic heterocycles. The van der Waals surface area contributed by atoms with E-state index in [1.165, 1.54) is 0 Å². The molecule has 30 heavy (non-hydrogen) atoms. The van der Waals surface area contributed by atoms with Crippen LogP contribution in [0.15, 0.2) is 30.5 Å². The highest BCUT2D eigenvalue weighted by molar-refractivity contribution is 5.83. The first kappa shape index (κ1) is 21.6. The first-order valence-corrected chi connectivity index (χ1v) is 10.1. The molecule has 0 radical (unpaired) electrons. The van der Waals surface area contributed by atoms with Gasteiger partial charge in [-0.15, -0.1) is 0 Å². The summed E-state index contributed by atoms with van der Waals surface area (Å²) in [4.78, 5) is 24.8. The highest BCUT2D eigenvalue weighted by atomic mass is 16.7. The third-order valence-electron chi connectivity index (χ3n) is 4.36. The third kappa shape index (κ3) is 5.28. The standard InChI is InChI=1S/C23H29N3O4/c1-14(2)11-18-21(29-22(27)30-23(3,4)5)26-19(20(25-18)28-6)12-15-13-24-17-10-8-7-9-16(15)17/h7-10,13-14,24H,11-12H2,1-6H3. The minimum Gasteiger partial charge on any atom is -0.480 e. The lowest BCUT2D eigenvalue weighted by atomic mass is 10.1. The average Bonchev–Trinajstić information content (AvgIpc) is 3.05. The second kappa shape index (κ2) is 8.73. The maximum absolute atomic E-state index is 12.3. The Morgan fingerprint density at radius 2 is 1.80 bits per heavy atom. The first-order chi connectivity index (χ1) is 14.2. The number of nitrogens with zero attached hydrogens (tertiary/aromatic N) is 2. The molecule has 7 heteroatoms. The van der Waals surface area contributed by atoms with Crippen LogP contribution in [0.2, 0.25) is 0 Å². The summed E-state index contributed by atoms with van der Waals surface area (Å²) in [5.41, 5.74) is 2.59. The number of aromatic amines is 1. The van der Waals surface area contributed by atoms with Crippen molar-refractivity contribution in [3.8, 4) is 11.8 Å². The van der Waals surface area contributed by atoms with Gasteiger partial charge < -0.3 is 19.2 Å². The van der Waals surface area contributed by atoms with E-state index in [9.17, 15) is 4.79 Å². The fourth-order valence-corrected chi connectivity index (χ4v) is 3.16. The quantitative estimate of drug-likeness (QED) is 0.570. The van der Waals surface area contributed by atoms with E-state index in [0.717, 1.165) is 16.5 Å². The zero-order valence-electron chi connectivity index (χ0n) is 18.4. The Balaban J connectivity index is 1.98. The molecule has 0 bridgehead atoms. The van der Waals surface area contributed by atoms with Crippen molar-refractivity contribution in [2.75, 3.05) is 7.11 Å². The van der Waals surface area contributed by atoms with Crippen LogP contribution in [0.4, 0.5) is 4.79 Å². The van der Waals surface area contributed by atoms with Crippen LogP contribution in [-0.4, -0.2) is 33.8 Å². The summed E-state index contributed by atoms with van der Waals surface area (Å²) in [5, 5.41) is 1.10. The van der Waals surface area contributed by atoms with Gasteiger partial charge in [0.2, 0.25) is 11.8 Å². The van der Waals surface area contributed by atoms with Crippen molar-refractivity contribution < 1.29 is 19.0 Å². The Bertz CT molecular complexity index is 1030. The molecule has 160 valence electrons. The van der Waals surface area contributed by atoms with E-state index in [0.29, 0.717) is 36.0 Å². The molecule has 7 nitrogen and oxygen atoms in total. The molecule has 1 aromatic carbocycles. The lowest BCUT2D eigenvalue weighted by Crippen LogP contribution is -2.26. The Morgan fingerprint density at radius 1 is 1.10 bits per heavy atom. The minimum absolute atomic E-state index is 0.161. The molecule has 0 aliphatic heterocycles. The summed E-state index contributed by atoms with van der Waals surface area (Å²) in [6, 6.07) is 8.04. The number of fused-ring (bicyclic) bond motifs is 1. The number of hydrogen-bond acceptors (Lipinski definition) is 6. The van der Waals surface area contributed by atoms with E-state index in [-0.39, 0.29) is 5.88 Å². The number of carbonyl (C=O) groups is 1. The largest absolute Gasteiger partial charge is 0.515 e. The Labute approximate surface area is 176 Å². The van der Waals surface area contributed by atoms with Crippen molar-refractivity contribution in [2.45, 2.75) is 53.1 Å². The van der Waals surface area contributed by atoms with Crippen LogP contribution in [0, 0.1) is 5.92 Å². The van der Waals surface area contributed by atoms with E-state index < -0.39 is 11.8 Å². The normalized spacial score (nSPS) is 11.7. The molecule has 0 atom stereocenters. The highest BCUT2D eigenvalue weighted by Crippen LogP contribution is 2.28. The molecule has 2 heterocycles. The van der Waals surface area contributed by atoms with Gasteiger partial charge >= 0.3 is 6.16 Å². The summed E-state index contributed by atoms with van der Waals surface area (Å²) >= 11 is 0. The van der Waals surface area contributed by atoms with Crippen LogP contribution < -0.4 is 9.47 Å². The van der Waals surface area contributed by atoms with Crippen molar-refractivity contribution in [3.05, 3.63) is 47.4 Å². The van der Waals surface area contributed by atoms with Crippen LogP contribution in [0.5, 0.6) is 11.8 Å². The predicted octanol–water partition coefficient (Wildman–Crippen LogP) is 5.07. The van der Waals surface area contributed by atoms with Gasteiger partial charge in [-0.05, 0) is 44.7 Å². The first-order valence-electron chi connectivity index (χ1n) is 10.1. The number of methoxy groups -OCH3 is 1. The monoisotopic (exact) mass is 411 g/mol. The van der Waals surface area contributed by atoms with E-state index in [4.69, 9.17) is 14.2 Å². The van der Waals surface area contributed by atoms with Crippen molar-refractivity contribution in [1.29, 1.82) is 0 Å². The number of benzene rings is 1. The van der Waals surface area contributed by atoms with Crippen molar-refractivity contribution in [1.82, 2.24) is 15.0 Å². The van der Waals surface area contributed by atoms with Crippen molar-refractivity contribution >= 4 is 17.1 Å². The van der Waals surface area contributed by atoms with Crippen LogP contribution >= 0.6 is 0 Å². The fourth-order valence-electron chi connectivity index (χ4n) is 3.16. The molecule has 0 saturated carbocycles. The van der Waals surface area contributed by atoms with Crippen molar-refractivity contribution in [2.24, 2.45) is 5.92 Å².